The molecule has 0 atom stereocenters. The highest BCUT2D eigenvalue weighted by molar-refractivity contribution is 6.30. The van der Waals surface area contributed by atoms with Crippen LogP contribution in [0.3, 0.4) is 0 Å². The van der Waals surface area contributed by atoms with Gasteiger partial charge in [-0.2, -0.15) is 0 Å². The van der Waals surface area contributed by atoms with Gasteiger partial charge in [-0.05, 0) is 12.8 Å². The van der Waals surface area contributed by atoms with Crippen LogP contribution in [-0.2, 0) is 4.79 Å². The molecule has 1 N–H and O–H groups in total. The number of carbonyl (C=O) groups excluding carboxylic acids is 1. The number of nitrogens with zero attached hydrogens (tertiary/aromatic N) is 3. The minimum Gasteiger partial charge on any atom is -0.361 e. The maximum atomic E-state index is 11.7. The summed E-state index contributed by atoms with van der Waals surface area (Å²) in [5.41, 5.74) is 0.839. The van der Waals surface area contributed by atoms with Crippen LogP contribution in [0.1, 0.15) is 32.3 Å². The monoisotopic (exact) mass is 270 g/mol. The Hall–Kier alpha value is -1.36. The first-order valence-corrected chi connectivity index (χ1v) is 6.33. The van der Waals surface area contributed by atoms with Gasteiger partial charge in [0, 0.05) is 19.2 Å². The summed E-state index contributed by atoms with van der Waals surface area (Å²) in [6.45, 7) is 6.84. The van der Waals surface area contributed by atoms with E-state index in [1.165, 1.54) is 6.33 Å². The number of carbonyl (C=O) groups is 1. The van der Waals surface area contributed by atoms with E-state index in [0.29, 0.717) is 17.5 Å². The van der Waals surface area contributed by atoms with Crippen LogP contribution in [0, 0.1) is 0 Å². The summed E-state index contributed by atoms with van der Waals surface area (Å²) < 4.78 is 0. The van der Waals surface area contributed by atoms with E-state index in [1.54, 1.807) is 11.9 Å². The average molecular weight is 271 g/mol. The van der Waals surface area contributed by atoms with Crippen molar-refractivity contribution in [2.24, 2.45) is 0 Å². The van der Waals surface area contributed by atoms with E-state index in [0.717, 1.165) is 5.56 Å². The topological polar surface area (TPSA) is 58.1 Å². The molecule has 0 unspecified atom stereocenters. The van der Waals surface area contributed by atoms with Gasteiger partial charge in [-0.1, -0.05) is 25.4 Å². The summed E-state index contributed by atoms with van der Waals surface area (Å²) in [4.78, 5) is 21.4. The van der Waals surface area contributed by atoms with Gasteiger partial charge in [0.2, 0.25) is 5.91 Å². The van der Waals surface area contributed by atoms with Gasteiger partial charge < -0.3 is 10.2 Å². The van der Waals surface area contributed by atoms with Crippen LogP contribution in [0.2, 0.25) is 5.15 Å². The van der Waals surface area contributed by atoms with Crippen LogP contribution in [0.5, 0.6) is 0 Å². The van der Waals surface area contributed by atoms with E-state index >= 15 is 0 Å². The van der Waals surface area contributed by atoms with Crippen LogP contribution < -0.4 is 5.32 Å². The zero-order valence-corrected chi connectivity index (χ0v) is 12.0. The van der Waals surface area contributed by atoms with Gasteiger partial charge in [0.15, 0.2) is 0 Å². The Bertz CT molecular complexity index is 423. The fraction of sp³-hybridized carbons (Fsp3) is 0.583. The molecule has 0 spiro atoms. The molecule has 0 fully saturated rings. The molecule has 0 saturated heterocycles. The van der Waals surface area contributed by atoms with Crippen LogP contribution in [0.4, 0.5) is 5.82 Å². The number of amides is 1. The molecule has 100 valence electrons. The second-order valence-electron chi connectivity index (χ2n) is 4.34. The maximum absolute atomic E-state index is 11.7. The Morgan fingerprint density at radius 1 is 1.50 bits per heavy atom. The molecule has 1 aromatic rings. The molecule has 0 aliphatic rings. The number of anilines is 1. The summed E-state index contributed by atoms with van der Waals surface area (Å²) in [5, 5.41) is 3.45. The largest absolute Gasteiger partial charge is 0.361 e. The zero-order chi connectivity index (χ0) is 13.7. The number of nitrogens with one attached hydrogen (secondary N) is 1. The normalized spacial score (nSPS) is 10.6. The lowest BCUT2D eigenvalue weighted by Gasteiger charge is -2.17. The Morgan fingerprint density at radius 3 is 2.72 bits per heavy atom. The molecule has 18 heavy (non-hydrogen) atoms. The highest BCUT2D eigenvalue weighted by atomic mass is 35.5. The summed E-state index contributed by atoms with van der Waals surface area (Å²) in [6.07, 6.45) is 1.39. The molecule has 1 aromatic heterocycles. The summed E-state index contributed by atoms with van der Waals surface area (Å²) in [6, 6.07) is 0. The van der Waals surface area contributed by atoms with Crippen molar-refractivity contribution in [3.63, 3.8) is 0 Å². The molecule has 5 nitrogen and oxygen atoms in total. The van der Waals surface area contributed by atoms with E-state index in [1.807, 2.05) is 20.8 Å². The molecule has 6 heteroatoms. The van der Waals surface area contributed by atoms with Gasteiger partial charge in [0.25, 0.3) is 0 Å². The van der Waals surface area contributed by atoms with Gasteiger partial charge in [-0.15, -0.1) is 0 Å². The lowest BCUT2D eigenvalue weighted by atomic mass is 10.1. The molecule has 0 radical (unpaired) electrons. The quantitative estimate of drug-likeness (QED) is 0.833. The molecular weight excluding hydrogens is 252 g/mol. The van der Waals surface area contributed by atoms with E-state index < -0.39 is 0 Å². The maximum Gasteiger partial charge on any atom is 0.241 e. The van der Waals surface area contributed by atoms with E-state index in [4.69, 9.17) is 11.6 Å². The smallest absolute Gasteiger partial charge is 0.241 e. The van der Waals surface area contributed by atoms with Gasteiger partial charge in [-0.3, -0.25) is 4.79 Å². The molecule has 1 heterocycles. The molecule has 0 bridgehead atoms. The molecular formula is C12H19ClN4O. The van der Waals surface area contributed by atoms with Gasteiger partial charge >= 0.3 is 0 Å². The Morgan fingerprint density at radius 2 is 2.17 bits per heavy atom. The SMILES string of the molecule is CCN(C)C(=O)CNc1ncnc(Cl)c1C(C)C. The summed E-state index contributed by atoms with van der Waals surface area (Å²) >= 11 is 6.04. The fourth-order valence-corrected chi connectivity index (χ4v) is 1.85. The number of likely N-dealkylation sites (N-methyl/N-ethyl adjacent to an activating group) is 1. The molecule has 1 amide bonds. The van der Waals surface area contributed by atoms with Crippen molar-refractivity contribution in [1.29, 1.82) is 0 Å². The third-order valence-corrected chi connectivity index (χ3v) is 3.02. The number of hydrogen-bond acceptors (Lipinski definition) is 4. The first-order chi connectivity index (χ1) is 8.47. The van der Waals surface area contributed by atoms with E-state index in [9.17, 15) is 4.79 Å². The second-order valence-corrected chi connectivity index (χ2v) is 4.70. The molecule has 0 aromatic carbocycles. The minimum absolute atomic E-state index is 0.0157. The Kier molecular flexibility index (Phi) is 5.34. The Labute approximate surface area is 113 Å². The van der Waals surface area contributed by atoms with Crippen molar-refractivity contribution in [3.8, 4) is 0 Å². The van der Waals surface area contributed by atoms with Crippen molar-refractivity contribution in [1.82, 2.24) is 14.9 Å². The Balaban J connectivity index is 2.79. The standard InChI is InChI=1S/C12H19ClN4O/c1-5-17(4)9(18)6-14-12-10(8(2)3)11(13)15-7-16-12/h7-8H,5-6H2,1-4H3,(H,14,15,16). The fourth-order valence-electron chi connectivity index (χ4n) is 1.50. The van der Waals surface area contributed by atoms with Crippen molar-refractivity contribution in [3.05, 3.63) is 17.0 Å². The molecule has 0 saturated carbocycles. The molecule has 0 aliphatic heterocycles. The number of aromatic nitrogens is 2. The van der Waals surface area contributed by atoms with Crippen molar-refractivity contribution < 1.29 is 4.79 Å². The number of halogens is 1. The molecule has 0 aliphatic carbocycles. The zero-order valence-electron chi connectivity index (χ0n) is 11.2. The highest BCUT2D eigenvalue weighted by Gasteiger charge is 2.14. The van der Waals surface area contributed by atoms with Gasteiger partial charge in [0.05, 0.1) is 6.54 Å². The van der Waals surface area contributed by atoms with Gasteiger partial charge in [-0.25, -0.2) is 9.97 Å². The first-order valence-electron chi connectivity index (χ1n) is 5.95. The minimum atomic E-state index is 0.0157. The van der Waals surface area contributed by atoms with E-state index in [-0.39, 0.29) is 18.4 Å². The lowest BCUT2D eigenvalue weighted by molar-refractivity contribution is -0.127. The van der Waals surface area contributed by atoms with Crippen LogP contribution in [0.15, 0.2) is 6.33 Å². The first kappa shape index (κ1) is 14.7. The van der Waals surface area contributed by atoms with Crippen LogP contribution >= 0.6 is 11.6 Å². The third kappa shape index (κ3) is 3.57. The number of hydrogen-bond donors (Lipinski definition) is 1. The lowest BCUT2D eigenvalue weighted by Crippen LogP contribution is -2.32. The predicted molar refractivity (Wildman–Crippen MR) is 72.9 cm³/mol. The third-order valence-electron chi connectivity index (χ3n) is 2.72. The van der Waals surface area contributed by atoms with Crippen LogP contribution in [-0.4, -0.2) is 40.9 Å². The van der Waals surface area contributed by atoms with Crippen molar-refractivity contribution in [2.75, 3.05) is 25.5 Å². The highest BCUT2D eigenvalue weighted by Crippen LogP contribution is 2.27. The second kappa shape index (κ2) is 6.54. The number of rotatable bonds is 5. The summed E-state index contributed by atoms with van der Waals surface area (Å²) in [7, 11) is 1.76. The van der Waals surface area contributed by atoms with Gasteiger partial charge in [0.1, 0.15) is 17.3 Å². The predicted octanol–water partition coefficient (Wildman–Crippen LogP) is 2.14. The van der Waals surface area contributed by atoms with E-state index in [2.05, 4.69) is 15.3 Å². The van der Waals surface area contributed by atoms with Crippen LogP contribution in [0.25, 0.3) is 0 Å². The van der Waals surface area contributed by atoms with Crippen molar-refractivity contribution in [2.45, 2.75) is 26.7 Å². The van der Waals surface area contributed by atoms with Crippen molar-refractivity contribution >= 4 is 23.3 Å². The molecule has 1 rings (SSSR count). The average Bonchev–Trinajstić information content (AvgIpc) is 2.34. The summed E-state index contributed by atoms with van der Waals surface area (Å²) in [5.74, 6) is 0.838.